The molecule has 0 bridgehead atoms. The van der Waals surface area contributed by atoms with Crippen molar-refractivity contribution in [3.63, 3.8) is 0 Å². The van der Waals surface area contributed by atoms with E-state index in [1.165, 1.54) is 6.07 Å². The highest BCUT2D eigenvalue weighted by Crippen LogP contribution is 2.18. The quantitative estimate of drug-likeness (QED) is 0.546. The van der Waals surface area contributed by atoms with Crippen molar-refractivity contribution in [2.45, 2.75) is 6.92 Å². The Bertz CT molecular complexity index is 464. The van der Waals surface area contributed by atoms with Crippen molar-refractivity contribution in [2.75, 3.05) is 0 Å². The highest BCUT2D eigenvalue weighted by Gasteiger charge is 2.01. The largest absolute Gasteiger partial charge is 0.256 e. The molecule has 0 saturated heterocycles. The van der Waals surface area contributed by atoms with Crippen LogP contribution in [0.1, 0.15) is 5.56 Å². The number of pyridine rings is 1. The third-order valence-electron chi connectivity index (χ3n) is 1.92. The van der Waals surface area contributed by atoms with E-state index < -0.39 is 0 Å². The molecular formula is C11H9FN2S. The van der Waals surface area contributed by atoms with Gasteiger partial charge in [-0.15, -0.1) is 0 Å². The minimum atomic E-state index is -0.205. The number of hydrogen-bond acceptors (Lipinski definition) is 3. The minimum absolute atomic E-state index is 0.205. The van der Waals surface area contributed by atoms with Crippen molar-refractivity contribution in [1.82, 2.24) is 4.98 Å². The Hall–Kier alpha value is -1.64. The van der Waals surface area contributed by atoms with E-state index in [1.54, 1.807) is 29.6 Å². The van der Waals surface area contributed by atoms with Gasteiger partial charge < -0.3 is 0 Å². The molecule has 0 aliphatic rings. The Balaban J connectivity index is 0.000000337. The molecule has 0 fully saturated rings. The summed E-state index contributed by atoms with van der Waals surface area (Å²) in [5.41, 5.74) is 1.75. The van der Waals surface area contributed by atoms with Gasteiger partial charge in [-0.05, 0) is 42.9 Å². The van der Waals surface area contributed by atoms with Crippen LogP contribution in [0.5, 0.6) is 0 Å². The van der Waals surface area contributed by atoms with E-state index in [0.29, 0.717) is 5.39 Å². The molecule has 1 aromatic carbocycles. The molecule has 4 heteroatoms. The van der Waals surface area contributed by atoms with Crippen molar-refractivity contribution in [3.8, 4) is 0 Å². The highest BCUT2D eigenvalue weighted by atomic mass is 32.1. The van der Waals surface area contributed by atoms with Crippen LogP contribution >= 0.6 is 12.2 Å². The van der Waals surface area contributed by atoms with Gasteiger partial charge in [0.15, 0.2) is 0 Å². The average molecular weight is 220 g/mol. The molecule has 2 aromatic rings. The fourth-order valence-electron chi connectivity index (χ4n) is 1.28. The van der Waals surface area contributed by atoms with Crippen molar-refractivity contribution < 1.29 is 4.39 Å². The second kappa shape index (κ2) is 5.29. The summed E-state index contributed by atoms with van der Waals surface area (Å²) in [5, 5.41) is 7.95. The Morgan fingerprint density at radius 3 is 2.67 bits per heavy atom. The number of thiocarbonyl (C=S) groups is 1. The first kappa shape index (κ1) is 11.4. The number of nitrogens with one attached hydrogen (secondary N) is 1. The topological polar surface area (TPSA) is 36.7 Å². The van der Waals surface area contributed by atoms with Crippen LogP contribution < -0.4 is 0 Å². The number of nitrogens with zero attached hydrogens (tertiary/aromatic N) is 1. The number of aryl methyl sites for hydroxylation is 1. The molecule has 0 atom stereocenters. The number of isothiocyanates is 1. The Kier molecular flexibility index (Phi) is 4.03. The van der Waals surface area contributed by atoms with Crippen LogP contribution in [-0.2, 0) is 0 Å². The zero-order chi connectivity index (χ0) is 11.3. The Morgan fingerprint density at radius 2 is 2.07 bits per heavy atom. The molecule has 2 nitrogen and oxygen atoms in total. The molecule has 1 N–H and O–H groups in total. The van der Waals surface area contributed by atoms with E-state index in [0.717, 1.165) is 11.1 Å². The maximum absolute atomic E-state index is 13.1. The van der Waals surface area contributed by atoms with E-state index in [4.69, 9.17) is 5.41 Å². The monoisotopic (exact) mass is 220 g/mol. The number of rotatable bonds is 0. The summed E-state index contributed by atoms with van der Waals surface area (Å²) in [7, 11) is 0. The minimum Gasteiger partial charge on any atom is -0.256 e. The van der Waals surface area contributed by atoms with E-state index in [1.807, 2.05) is 6.92 Å². The van der Waals surface area contributed by atoms with Crippen LogP contribution in [0.2, 0.25) is 0 Å². The molecule has 0 aliphatic carbocycles. The van der Waals surface area contributed by atoms with Crippen LogP contribution in [0.4, 0.5) is 4.39 Å². The molecule has 0 spiro atoms. The lowest BCUT2D eigenvalue weighted by atomic mass is 10.1. The summed E-state index contributed by atoms with van der Waals surface area (Å²) >= 11 is 3.81. The first-order valence-electron chi connectivity index (χ1n) is 4.24. The van der Waals surface area contributed by atoms with E-state index >= 15 is 0 Å². The van der Waals surface area contributed by atoms with Gasteiger partial charge in [0.1, 0.15) is 5.82 Å². The molecule has 0 amide bonds. The molecule has 15 heavy (non-hydrogen) atoms. The molecule has 76 valence electrons. The molecule has 1 aromatic heterocycles. The van der Waals surface area contributed by atoms with Gasteiger partial charge in [0.05, 0.1) is 10.7 Å². The van der Waals surface area contributed by atoms with E-state index in [2.05, 4.69) is 17.2 Å². The number of aromatic nitrogens is 1. The second-order valence-electron chi connectivity index (χ2n) is 2.87. The fraction of sp³-hybridized carbons (Fsp3) is 0.0909. The third-order valence-corrected chi connectivity index (χ3v) is 1.92. The summed E-state index contributed by atoms with van der Waals surface area (Å²) in [6.45, 7) is 1.93. The first-order chi connectivity index (χ1) is 7.20. The summed E-state index contributed by atoms with van der Waals surface area (Å²) in [6, 6.07) is 6.69. The predicted molar refractivity (Wildman–Crippen MR) is 61.8 cm³/mol. The van der Waals surface area contributed by atoms with Gasteiger partial charge in [0, 0.05) is 11.6 Å². The Labute approximate surface area is 92.3 Å². The van der Waals surface area contributed by atoms with Crippen molar-refractivity contribution in [3.05, 3.63) is 41.8 Å². The molecule has 0 radical (unpaired) electrons. The van der Waals surface area contributed by atoms with Gasteiger partial charge in [-0.2, -0.15) is 0 Å². The fourth-order valence-corrected chi connectivity index (χ4v) is 1.28. The van der Waals surface area contributed by atoms with Crippen molar-refractivity contribution in [2.24, 2.45) is 0 Å². The molecule has 0 saturated carbocycles. The zero-order valence-corrected chi connectivity index (χ0v) is 8.94. The number of hydrogen-bond donors (Lipinski definition) is 1. The number of halogens is 1. The maximum Gasteiger partial charge on any atom is 0.132 e. The zero-order valence-electron chi connectivity index (χ0n) is 8.12. The van der Waals surface area contributed by atoms with Crippen molar-refractivity contribution >= 4 is 28.3 Å². The summed E-state index contributed by atoms with van der Waals surface area (Å²) in [4.78, 5) is 4.10. The molecule has 0 aliphatic heterocycles. The van der Waals surface area contributed by atoms with E-state index in [-0.39, 0.29) is 5.82 Å². The second-order valence-corrected chi connectivity index (χ2v) is 3.07. The van der Waals surface area contributed by atoms with Gasteiger partial charge in [0.25, 0.3) is 0 Å². The lowest BCUT2D eigenvalue weighted by Gasteiger charge is -2.00. The third kappa shape index (κ3) is 2.65. The molecule has 2 rings (SSSR count). The summed E-state index contributed by atoms with van der Waals surface area (Å²) in [5.74, 6) is -0.205. The standard InChI is InChI=1S/C10H8FN.CHNS/c1-7-4-5-9(11)8-3-2-6-12-10(7)8;2-1-3/h2-6H,1H3;2H. The predicted octanol–water partition coefficient (Wildman–Crippen LogP) is 3.35. The Morgan fingerprint density at radius 1 is 1.40 bits per heavy atom. The molecule has 0 unspecified atom stereocenters. The SMILES string of the molecule is Cc1ccc(F)c2cccnc12.N=C=S. The van der Waals surface area contributed by atoms with Crippen LogP contribution in [0.15, 0.2) is 30.5 Å². The smallest absolute Gasteiger partial charge is 0.132 e. The van der Waals surface area contributed by atoms with Gasteiger partial charge in [-0.1, -0.05) is 6.07 Å². The summed E-state index contributed by atoms with van der Waals surface area (Å²) < 4.78 is 13.1. The van der Waals surface area contributed by atoms with Gasteiger partial charge in [0.2, 0.25) is 0 Å². The molecule has 1 heterocycles. The van der Waals surface area contributed by atoms with Gasteiger partial charge >= 0.3 is 0 Å². The van der Waals surface area contributed by atoms with E-state index in [9.17, 15) is 4.39 Å². The van der Waals surface area contributed by atoms with Gasteiger partial charge in [-0.3, -0.25) is 4.98 Å². The highest BCUT2D eigenvalue weighted by molar-refractivity contribution is 7.78. The normalized spacial score (nSPS) is 8.93. The van der Waals surface area contributed by atoms with Crippen LogP contribution in [0.25, 0.3) is 10.9 Å². The lowest BCUT2D eigenvalue weighted by molar-refractivity contribution is 0.639. The van der Waals surface area contributed by atoms with Crippen LogP contribution in [0, 0.1) is 18.2 Å². The lowest BCUT2D eigenvalue weighted by Crippen LogP contribution is -1.85. The van der Waals surface area contributed by atoms with Crippen LogP contribution in [-0.4, -0.2) is 10.1 Å². The van der Waals surface area contributed by atoms with Crippen LogP contribution in [0.3, 0.4) is 0 Å². The van der Waals surface area contributed by atoms with Crippen molar-refractivity contribution in [1.29, 1.82) is 5.41 Å². The van der Waals surface area contributed by atoms with Gasteiger partial charge in [-0.25, -0.2) is 9.80 Å². The molecular weight excluding hydrogens is 211 g/mol. The maximum atomic E-state index is 13.1. The first-order valence-corrected chi connectivity index (χ1v) is 4.65. The average Bonchev–Trinajstić information content (AvgIpc) is 2.25. The number of fused-ring (bicyclic) bond motifs is 1. The number of benzene rings is 1. The summed E-state index contributed by atoms with van der Waals surface area (Å²) in [6.07, 6.45) is 1.68.